The van der Waals surface area contributed by atoms with Gasteiger partial charge in [-0.2, -0.15) is 13.2 Å². The fraction of sp³-hybridized carbons (Fsp3) is 0.300. The predicted molar refractivity (Wildman–Crippen MR) is 98.3 cm³/mol. The van der Waals surface area contributed by atoms with Crippen LogP contribution in [0.25, 0.3) is 11.0 Å². The van der Waals surface area contributed by atoms with E-state index in [1.54, 1.807) is 11.2 Å². The number of rotatable bonds is 3. The maximum Gasteiger partial charge on any atom is 0.416 e. The molecular weight excluding hydrogens is 388 g/mol. The Morgan fingerprint density at radius 3 is 2.76 bits per heavy atom. The smallest absolute Gasteiger partial charge is 0.347 e. The number of alkyl halides is 3. The molecule has 0 saturated carbocycles. The van der Waals surface area contributed by atoms with Crippen LogP contribution in [0.2, 0.25) is 0 Å². The van der Waals surface area contributed by atoms with E-state index in [0.29, 0.717) is 12.6 Å². The van der Waals surface area contributed by atoms with Crippen LogP contribution in [0, 0.1) is 5.82 Å². The van der Waals surface area contributed by atoms with Crippen LogP contribution >= 0.6 is 0 Å². The summed E-state index contributed by atoms with van der Waals surface area (Å²) in [5.41, 5.74) is 1.75. The van der Waals surface area contributed by atoms with E-state index in [1.165, 1.54) is 0 Å². The number of piperazine rings is 1. The molecule has 152 valence electrons. The Morgan fingerprint density at radius 1 is 1.21 bits per heavy atom. The second-order valence-electron chi connectivity index (χ2n) is 7.24. The van der Waals surface area contributed by atoms with E-state index in [4.69, 9.17) is 0 Å². The molecule has 1 N–H and O–H groups in total. The quantitative estimate of drug-likeness (QED) is 0.679. The summed E-state index contributed by atoms with van der Waals surface area (Å²) in [6.45, 7) is 0.466. The monoisotopic (exact) mass is 406 g/mol. The highest BCUT2D eigenvalue weighted by Crippen LogP contribution is 2.31. The Hall–Kier alpha value is -2.94. The molecule has 1 aliphatic heterocycles. The zero-order valence-electron chi connectivity index (χ0n) is 15.5. The normalized spacial score (nSPS) is 18.2. The van der Waals surface area contributed by atoms with Crippen molar-refractivity contribution in [3.05, 3.63) is 65.2 Å². The number of aryl methyl sites for hydroxylation is 1. The molecule has 0 aliphatic carbocycles. The minimum Gasteiger partial charge on any atom is -0.347 e. The summed E-state index contributed by atoms with van der Waals surface area (Å²) < 4.78 is 54.4. The summed E-state index contributed by atoms with van der Waals surface area (Å²) in [4.78, 5) is 18.2. The number of fused-ring (bicyclic) bond motifs is 1. The number of imidazole rings is 1. The number of hydrogen-bond donors (Lipinski definition) is 1. The van der Waals surface area contributed by atoms with Gasteiger partial charge in [0.05, 0.1) is 35.5 Å². The van der Waals surface area contributed by atoms with Crippen LogP contribution in [0.4, 0.5) is 17.6 Å². The van der Waals surface area contributed by atoms with Crippen LogP contribution in [0.3, 0.4) is 0 Å². The SMILES string of the molecule is Cn1cnc2ccc([C@@H]3CN(Cc4cc(F)cc(C(F)(F)F)c4)CC(=O)N3)cc21. The van der Waals surface area contributed by atoms with Gasteiger partial charge in [0, 0.05) is 20.1 Å². The third-order valence-electron chi connectivity index (χ3n) is 4.99. The van der Waals surface area contributed by atoms with E-state index in [9.17, 15) is 22.4 Å². The topological polar surface area (TPSA) is 50.2 Å². The van der Waals surface area contributed by atoms with Gasteiger partial charge in [-0.25, -0.2) is 9.37 Å². The summed E-state index contributed by atoms with van der Waals surface area (Å²) in [7, 11) is 1.87. The molecule has 1 fully saturated rings. The van der Waals surface area contributed by atoms with Crippen molar-refractivity contribution in [1.82, 2.24) is 19.8 Å². The lowest BCUT2D eigenvalue weighted by Gasteiger charge is -2.33. The number of nitrogens with one attached hydrogen (secondary N) is 1. The molecule has 4 rings (SSSR count). The molecule has 1 aliphatic rings. The molecule has 1 amide bonds. The van der Waals surface area contributed by atoms with Crippen molar-refractivity contribution in [2.75, 3.05) is 13.1 Å². The van der Waals surface area contributed by atoms with E-state index in [1.807, 2.05) is 29.8 Å². The largest absolute Gasteiger partial charge is 0.416 e. The van der Waals surface area contributed by atoms with Gasteiger partial charge in [-0.15, -0.1) is 0 Å². The van der Waals surface area contributed by atoms with Crippen LogP contribution in [0.5, 0.6) is 0 Å². The highest BCUT2D eigenvalue weighted by molar-refractivity contribution is 5.80. The maximum absolute atomic E-state index is 13.7. The second-order valence-corrected chi connectivity index (χ2v) is 7.24. The lowest BCUT2D eigenvalue weighted by molar-refractivity contribution is -0.138. The molecule has 29 heavy (non-hydrogen) atoms. The lowest BCUT2D eigenvalue weighted by atomic mass is 10.0. The van der Waals surface area contributed by atoms with Crippen molar-refractivity contribution in [2.24, 2.45) is 7.05 Å². The first-order valence-electron chi connectivity index (χ1n) is 8.98. The van der Waals surface area contributed by atoms with Crippen LogP contribution in [0.15, 0.2) is 42.7 Å². The van der Waals surface area contributed by atoms with Gasteiger partial charge in [0.25, 0.3) is 0 Å². The van der Waals surface area contributed by atoms with Crippen molar-refractivity contribution in [2.45, 2.75) is 18.8 Å². The summed E-state index contributed by atoms with van der Waals surface area (Å²) in [5.74, 6) is -1.19. The third-order valence-corrected chi connectivity index (χ3v) is 4.99. The predicted octanol–water partition coefficient (Wildman–Crippen LogP) is 3.40. The minimum absolute atomic E-state index is 0.0301. The molecule has 2 aromatic carbocycles. The van der Waals surface area contributed by atoms with E-state index >= 15 is 0 Å². The summed E-state index contributed by atoms with van der Waals surface area (Å²) >= 11 is 0. The van der Waals surface area contributed by atoms with E-state index < -0.39 is 17.6 Å². The Labute approximate surface area is 163 Å². The van der Waals surface area contributed by atoms with Crippen molar-refractivity contribution >= 4 is 16.9 Å². The van der Waals surface area contributed by atoms with E-state index in [2.05, 4.69) is 10.3 Å². The van der Waals surface area contributed by atoms with Crippen molar-refractivity contribution in [3.8, 4) is 0 Å². The minimum atomic E-state index is -4.63. The van der Waals surface area contributed by atoms with Crippen LogP contribution < -0.4 is 5.32 Å². The Morgan fingerprint density at radius 2 is 2.00 bits per heavy atom. The van der Waals surface area contributed by atoms with Gasteiger partial charge in [0.1, 0.15) is 5.82 Å². The Bertz CT molecular complexity index is 1080. The fourth-order valence-corrected chi connectivity index (χ4v) is 3.64. The van der Waals surface area contributed by atoms with Crippen molar-refractivity contribution < 1.29 is 22.4 Å². The molecule has 0 bridgehead atoms. The first-order chi connectivity index (χ1) is 13.7. The van der Waals surface area contributed by atoms with Crippen LogP contribution in [-0.4, -0.2) is 33.4 Å². The number of halogens is 4. The van der Waals surface area contributed by atoms with E-state index in [0.717, 1.165) is 28.7 Å². The number of carbonyl (C=O) groups excluding carboxylic acids is 1. The standard InChI is InChI=1S/C20H18F4N4O/c1-27-11-25-16-3-2-13(6-18(16)27)17-9-28(10-19(29)26-17)8-12-4-14(20(22,23)24)7-15(21)5-12/h2-7,11,17H,8-10H2,1H3,(H,26,29)/t17-/m0/s1. The molecule has 0 unspecified atom stereocenters. The Kier molecular flexibility index (Phi) is 4.77. The molecule has 0 radical (unpaired) electrons. The summed E-state index contributed by atoms with van der Waals surface area (Å²) in [5, 5.41) is 2.91. The molecule has 0 spiro atoms. The lowest BCUT2D eigenvalue weighted by Crippen LogP contribution is -2.49. The summed E-state index contributed by atoms with van der Waals surface area (Å²) in [6, 6.07) is 7.79. The maximum atomic E-state index is 13.7. The average molecular weight is 406 g/mol. The number of hydrogen-bond acceptors (Lipinski definition) is 3. The van der Waals surface area contributed by atoms with Gasteiger partial charge in [-0.3, -0.25) is 9.69 Å². The van der Waals surface area contributed by atoms with Gasteiger partial charge >= 0.3 is 6.18 Å². The van der Waals surface area contributed by atoms with Crippen molar-refractivity contribution in [3.63, 3.8) is 0 Å². The van der Waals surface area contributed by atoms with Gasteiger partial charge in [-0.05, 0) is 41.5 Å². The van der Waals surface area contributed by atoms with Gasteiger partial charge in [0.15, 0.2) is 0 Å². The molecule has 5 nitrogen and oxygen atoms in total. The van der Waals surface area contributed by atoms with Gasteiger partial charge in [-0.1, -0.05) is 6.07 Å². The number of carbonyl (C=O) groups is 1. The third kappa shape index (κ3) is 4.09. The van der Waals surface area contributed by atoms with Crippen LogP contribution in [-0.2, 0) is 24.6 Å². The second kappa shape index (κ2) is 7.14. The molecular formula is C20H18F4N4O. The first kappa shape index (κ1) is 19.4. The average Bonchev–Trinajstić information content (AvgIpc) is 3.00. The van der Waals surface area contributed by atoms with Crippen molar-refractivity contribution in [1.29, 1.82) is 0 Å². The fourth-order valence-electron chi connectivity index (χ4n) is 3.64. The summed E-state index contributed by atoms with van der Waals surface area (Å²) in [6.07, 6.45) is -2.93. The van der Waals surface area contributed by atoms with Crippen LogP contribution in [0.1, 0.15) is 22.7 Å². The molecule has 1 saturated heterocycles. The zero-order chi connectivity index (χ0) is 20.8. The molecule has 1 atom stereocenters. The molecule has 2 heterocycles. The molecule has 1 aromatic heterocycles. The highest BCUT2D eigenvalue weighted by Gasteiger charge is 2.32. The van der Waals surface area contributed by atoms with Gasteiger partial charge in [0.2, 0.25) is 5.91 Å². The number of nitrogens with zero attached hydrogens (tertiary/aromatic N) is 3. The number of benzene rings is 2. The number of amides is 1. The Balaban J connectivity index is 1.57. The first-order valence-corrected chi connectivity index (χ1v) is 8.98. The van der Waals surface area contributed by atoms with E-state index in [-0.39, 0.29) is 30.6 Å². The molecule has 9 heteroatoms. The molecule has 3 aromatic rings. The number of aromatic nitrogens is 2. The van der Waals surface area contributed by atoms with Gasteiger partial charge < -0.3 is 9.88 Å². The highest BCUT2D eigenvalue weighted by atomic mass is 19.4. The zero-order valence-corrected chi connectivity index (χ0v) is 15.5.